The maximum atomic E-state index is 13.8. The van der Waals surface area contributed by atoms with Gasteiger partial charge in [0.1, 0.15) is 17.2 Å². The fraction of sp³-hybridized carbons (Fsp3) is 0.588. The highest BCUT2D eigenvalue weighted by molar-refractivity contribution is 9.10. The van der Waals surface area contributed by atoms with Gasteiger partial charge in [-0.25, -0.2) is 13.6 Å². The number of amides is 1. The number of benzene rings is 1. The smallest absolute Gasteiger partial charge is 0.407 e. The molecule has 1 aliphatic carbocycles. The van der Waals surface area contributed by atoms with Crippen LogP contribution in [0.4, 0.5) is 19.3 Å². The van der Waals surface area contributed by atoms with E-state index in [0.29, 0.717) is 0 Å². The molecule has 24 heavy (non-hydrogen) atoms. The fourth-order valence-electron chi connectivity index (χ4n) is 2.71. The molecule has 1 saturated carbocycles. The summed E-state index contributed by atoms with van der Waals surface area (Å²) in [5.41, 5.74) is -0.233. The van der Waals surface area contributed by atoms with Gasteiger partial charge in [0.2, 0.25) is 0 Å². The van der Waals surface area contributed by atoms with Crippen LogP contribution in [0, 0.1) is 11.6 Å². The first-order valence-electron chi connectivity index (χ1n) is 8.04. The normalized spacial score (nSPS) is 21.2. The third-order valence-corrected chi connectivity index (χ3v) is 4.43. The van der Waals surface area contributed by atoms with Crippen molar-refractivity contribution < 1.29 is 18.3 Å². The molecule has 0 bridgehead atoms. The van der Waals surface area contributed by atoms with Crippen molar-refractivity contribution in [3.63, 3.8) is 0 Å². The molecule has 0 heterocycles. The number of alkyl carbamates (subject to hydrolysis) is 1. The summed E-state index contributed by atoms with van der Waals surface area (Å²) in [5, 5.41) is 5.98. The Labute approximate surface area is 149 Å². The molecule has 0 spiro atoms. The van der Waals surface area contributed by atoms with E-state index in [9.17, 15) is 13.6 Å². The summed E-state index contributed by atoms with van der Waals surface area (Å²) in [6, 6.07) is 2.42. The Bertz CT molecular complexity index is 597. The number of nitrogens with one attached hydrogen (secondary N) is 2. The van der Waals surface area contributed by atoms with Crippen molar-refractivity contribution in [1.82, 2.24) is 5.32 Å². The van der Waals surface area contributed by atoms with Gasteiger partial charge >= 0.3 is 6.09 Å². The molecular formula is C17H23BrF2N2O2. The Morgan fingerprint density at radius 3 is 2.29 bits per heavy atom. The van der Waals surface area contributed by atoms with E-state index in [0.717, 1.165) is 31.7 Å². The molecule has 0 radical (unpaired) electrons. The molecule has 0 aromatic heterocycles. The van der Waals surface area contributed by atoms with E-state index in [1.807, 2.05) is 20.8 Å². The molecular weight excluding hydrogens is 382 g/mol. The van der Waals surface area contributed by atoms with Crippen molar-refractivity contribution in [2.45, 2.75) is 64.1 Å². The highest BCUT2D eigenvalue weighted by Crippen LogP contribution is 2.27. The number of anilines is 1. The SMILES string of the molecule is CC(C)(C)OC(=O)NC1CCC(Nc2cc(Br)c(F)cc2F)CC1. The maximum Gasteiger partial charge on any atom is 0.407 e. The van der Waals surface area contributed by atoms with Crippen LogP contribution in [0.3, 0.4) is 0 Å². The summed E-state index contributed by atoms with van der Waals surface area (Å²) in [4.78, 5) is 11.8. The summed E-state index contributed by atoms with van der Waals surface area (Å²) in [6.07, 6.45) is 2.72. The van der Waals surface area contributed by atoms with Gasteiger partial charge in [0.05, 0.1) is 10.2 Å². The third-order valence-electron chi connectivity index (χ3n) is 3.82. The van der Waals surface area contributed by atoms with Gasteiger partial charge in [-0.15, -0.1) is 0 Å². The third kappa shape index (κ3) is 5.61. The number of hydrogen-bond donors (Lipinski definition) is 2. The number of carbonyl (C=O) groups excluding carboxylic acids is 1. The first-order valence-corrected chi connectivity index (χ1v) is 8.84. The van der Waals surface area contributed by atoms with Gasteiger partial charge in [0.25, 0.3) is 0 Å². The molecule has 1 aromatic rings. The minimum absolute atomic E-state index is 0.0581. The first-order chi connectivity index (χ1) is 11.1. The van der Waals surface area contributed by atoms with E-state index in [1.54, 1.807) is 0 Å². The zero-order valence-electron chi connectivity index (χ0n) is 14.1. The lowest BCUT2D eigenvalue weighted by atomic mass is 9.91. The minimum atomic E-state index is -0.622. The average Bonchev–Trinajstić information content (AvgIpc) is 2.44. The maximum absolute atomic E-state index is 13.8. The molecule has 2 rings (SSSR count). The highest BCUT2D eigenvalue weighted by Gasteiger charge is 2.25. The summed E-state index contributed by atoms with van der Waals surface area (Å²) < 4.78 is 32.5. The largest absolute Gasteiger partial charge is 0.444 e. The van der Waals surface area contributed by atoms with Gasteiger partial charge in [0.15, 0.2) is 0 Å². The summed E-state index contributed by atoms with van der Waals surface area (Å²) in [5.74, 6) is -1.23. The topological polar surface area (TPSA) is 50.4 Å². The van der Waals surface area contributed by atoms with Gasteiger partial charge in [-0.2, -0.15) is 0 Å². The average molecular weight is 405 g/mol. The molecule has 1 aliphatic rings. The van der Waals surface area contributed by atoms with E-state index >= 15 is 0 Å². The number of halogens is 3. The molecule has 7 heteroatoms. The Kier molecular flexibility index (Phi) is 6.06. The van der Waals surface area contributed by atoms with Crippen LogP contribution in [0.5, 0.6) is 0 Å². The van der Waals surface area contributed by atoms with Crippen molar-refractivity contribution >= 4 is 27.7 Å². The van der Waals surface area contributed by atoms with Crippen molar-refractivity contribution in [3.05, 3.63) is 28.2 Å². The van der Waals surface area contributed by atoms with Crippen LogP contribution in [-0.4, -0.2) is 23.8 Å². The van der Waals surface area contributed by atoms with E-state index in [-0.39, 0.29) is 22.2 Å². The summed E-state index contributed by atoms with van der Waals surface area (Å²) >= 11 is 3.06. The van der Waals surface area contributed by atoms with Gasteiger partial charge in [-0.3, -0.25) is 0 Å². The summed E-state index contributed by atoms with van der Waals surface area (Å²) in [6.45, 7) is 5.47. The van der Waals surface area contributed by atoms with Gasteiger partial charge < -0.3 is 15.4 Å². The Balaban J connectivity index is 1.83. The lowest BCUT2D eigenvalue weighted by molar-refractivity contribution is 0.0492. The Hall–Kier alpha value is -1.37. The second-order valence-electron chi connectivity index (χ2n) is 7.09. The molecule has 0 atom stereocenters. The first kappa shape index (κ1) is 19.0. The highest BCUT2D eigenvalue weighted by atomic mass is 79.9. The second-order valence-corrected chi connectivity index (χ2v) is 7.94. The molecule has 2 N–H and O–H groups in total. The van der Waals surface area contributed by atoms with Crippen molar-refractivity contribution in [1.29, 1.82) is 0 Å². The lowest BCUT2D eigenvalue weighted by Gasteiger charge is -2.31. The Morgan fingerprint density at radius 2 is 1.71 bits per heavy atom. The number of rotatable bonds is 3. The number of ether oxygens (including phenoxy) is 1. The second kappa shape index (κ2) is 7.68. The lowest BCUT2D eigenvalue weighted by Crippen LogP contribution is -2.42. The molecule has 1 aromatic carbocycles. The van der Waals surface area contributed by atoms with E-state index in [1.165, 1.54) is 6.07 Å². The standard InChI is InChI=1S/C17H23BrF2N2O2/c1-17(2,3)24-16(23)22-11-6-4-10(5-7-11)21-15-8-12(18)13(19)9-14(15)20/h8-11,21H,4-7H2,1-3H3,(H,22,23). The van der Waals surface area contributed by atoms with Gasteiger partial charge in [-0.1, -0.05) is 0 Å². The Morgan fingerprint density at radius 1 is 1.12 bits per heavy atom. The van der Waals surface area contributed by atoms with Crippen molar-refractivity contribution in [2.75, 3.05) is 5.32 Å². The van der Waals surface area contributed by atoms with Crippen LogP contribution < -0.4 is 10.6 Å². The van der Waals surface area contributed by atoms with E-state index < -0.39 is 23.3 Å². The van der Waals surface area contributed by atoms with Gasteiger partial charge in [0, 0.05) is 18.2 Å². The van der Waals surface area contributed by atoms with Crippen LogP contribution >= 0.6 is 15.9 Å². The van der Waals surface area contributed by atoms with Crippen LogP contribution in [0.15, 0.2) is 16.6 Å². The fourth-order valence-corrected chi connectivity index (χ4v) is 3.05. The predicted molar refractivity (Wildman–Crippen MR) is 93.1 cm³/mol. The van der Waals surface area contributed by atoms with E-state index in [4.69, 9.17) is 4.74 Å². The van der Waals surface area contributed by atoms with Crippen LogP contribution in [0.25, 0.3) is 0 Å². The summed E-state index contributed by atoms with van der Waals surface area (Å²) in [7, 11) is 0. The molecule has 4 nitrogen and oxygen atoms in total. The van der Waals surface area contributed by atoms with Crippen LogP contribution in [0.2, 0.25) is 0 Å². The molecule has 1 amide bonds. The molecule has 0 unspecified atom stereocenters. The number of hydrogen-bond acceptors (Lipinski definition) is 3. The number of carbonyl (C=O) groups is 1. The van der Waals surface area contributed by atoms with Crippen LogP contribution in [-0.2, 0) is 4.74 Å². The van der Waals surface area contributed by atoms with Crippen molar-refractivity contribution in [2.24, 2.45) is 0 Å². The van der Waals surface area contributed by atoms with E-state index in [2.05, 4.69) is 26.6 Å². The zero-order chi connectivity index (χ0) is 17.9. The molecule has 1 fully saturated rings. The molecule has 0 saturated heterocycles. The molecule has 0 aliphatic heterocycles. The monoisotopic (exact) mass is 404 g/mol. The van der Waals surface area contributed by atoms with Crippen molar-refractivity contribution in [3.8, 4) is 0 Å². The zero-order valence-corrected chi connectivity index (χ0v) is 15.7. The predicted octanol–water partition coefficient (Wildman–Crippen LogP) is 4.98. The quantitative estimate of drug-likeness (QED) is 0.698. The van der Waals surface area contributed by atoms with Crippen LogP contribution in [0.1, 0.15) is 46.5 Å². The molecule has 134 valence electrons. The minimum Gasteiger partial charge on any atom is -0.444 e. The van der Waals surface area contributed by atoms with Gasteiger partial charge in [-0.05, 0) is 68.5 Å².